The van der Waals surface area contributed by atoms with E-state index in [1.165, 1.54) is 6.07 Å². The molecular weight excluding hydrogens is 516 g/mol. The Hall–Kier alpha value is -5.11. The largest absolute Gasteiger partial charge is 0.497 e. The Kier molecular flexibility index (Phi) is 5.96. The molecule has 0 unspecified atom stereocenters. The van der Waals surface area contributed by atoms with Crippen LogP contribution in [0.5, 0.6) is 17.2 Å². The van der Waals surface area contributed by atoms with E-state index >= 15 is 0 Å². The van der Waals surface area contributed by atoms with Gasteiger partial charge in [0.05, 0.1) is 42.3 Å². The molecule has 3 heterocycles. The third-order valence-electron chi connectivity index (χ3n) is 8.14. The van der Waals surface area contributed by atoms with Crippen LogP contribution >= 0.6 is 0 Å². The lowest BCUT2D eigenvalue weighted by Gasteiger charge is -2.37. The Bertz CT molecular complexity index is 1800. The normalized spacial score (nSPS) is 15.0. The molecule has 2 aromatic heterocycles. The van der Waals surface area contributed by atoms with Gasteiger partial charge in [-0.2, -0.15) is 5.10 Å². The van der Waals surface area contributed by atoms with Crippen LogP contribution in [0.25, 0.3) is 16.9 Å². The number of rotatable bonds is 7. The average Bonchev–Trinajstić information content (AvgIpc) is 3.55. The van der Waals surface area contributed by atoms with E-state index in [0.29, 0.717) is 18.0 Å². The van der Waals surface area contributed by atoms with Gasteiger partial charge in [0, 0.05) is 17.8 Å². The lowest BCUT2D eigenvalue weighted by atomic mass is 9.65. The summed E-state index contributed by atoms with van der Waals surface area (Å²) in [5.41, 5.74) is 4.53. The fourth-order valence-electron chi connectivity index (χ4n) is 5.94. The number of methoxy groups -OCH3 is 1. The molecule has 3 aromatic carbocycles. The quantitative estimate of drug-likeness (QED) is 0.272. The van der Waals surface area contributed by atoms with Crippen molar-refractivity contribution in [3.8, 4) is 34.2 Å². The maximum atomic E-state index is 14.2. The second kappa shape index (κ2) is 9.82. The summed E-state index contributed by atoms with van der Waals surface area (Å²) >= 11 is 0. The Labute approximate surface area is 236 Å². The molecule has 204 valence electrons. The number of amides is 1. The van der Waals surface area contributed by atoms with Crippen molar-refractivity contribution in [2.24, 2.45) is 0 Å². The maximum Gasteiger partial charge on any atom is 0.251 e. The topological polar surface area (TPSA) is 89.4 Å². The van der Waals surface area contributed by atoms with Crippen LogP contribution in [0.4, 0.5) is 5.69 Å². The second-order valence-corrected chi connectivity index (χ2v) is 10.5. The Morgan fingerprint density at radius 2 is 1.73 bits per heavy atom. The van der Waals surface area contributed by atoms with Crippen LogP contribution in [0.1, 0.15) is 30.4 Å². The van der Waals surface area contributed by atoms with Crippen molar-refractivity contribution in [1.29, 1.82) is 0 Å². The van der Waals surface area contributed by atoms with Gasteiger partial charge in [-0.05, 0) is 72.5 Å². The molecule has 5 aromatic rings. The minimum Gasteiger partial charge on any atom is -0.497 e. The number of anilines is 1. The van der Waals surface area contributed by atoms with E-state index in [-0.39, 0.29) is 11.5 Å². The first kappa shape index (κ1) is 24.9. The molecule has 1 saturated carbocycles. The van der Waals surface area contributed by atoms with E-state index in [0.717, 1.165) is 58.8 Å². The summed E-state index contributed by atoms with van der Waals surface area (Å²) in [4.78, 5) is 30.8. The predicted octanol–water partition coefficient (Wildman–Crippen LogP) is 6.00. The van der Waals surface area contributed by atoms with E-state index in [9.17, 15) is 9.59 Å². The Morgan fingerprint density at radius 3 is 2.44 bits per heavy atom. The summed E-state index contributed by atoms with van der Waals surface area (Å²) in [7, 11) is 1.63. The zero-order chi connectivity index (χ0) is 28.0. The van der Waals surface area contributed by atoms with Gasteiger partial charge >= 0.3 is 0 Å². The van der Waals surface area contributed by atoms with Gasteiger partial charge in [-0.1, -0.05) is 36.8 Å². The molecule has 1 aliphatic heterocycles. The fraction of sp³-hybridized carbons (Fsp3) is 0.182. The summed E-state index contributed by atoms with van der Waals surface area (Å²) in [6, 6.07) is 26.8. The molecule has 1 aliphatic carbocycles. The van der Waals surface area contributed by atoms with E-state index in [2.05, 4.69) is 16.1 Å². The molecule has 1 spiro atoms. The number of hydrogen-bond acceptors (Lipinski definition) is 5. The highest BCUT2D eigenvalue weighted by Crippen LogP contribution is 2.58. The Morgan fingerprint density at radius 1 is 0.927 bits per heavy atom. The summed E-state index contributed by atoms with van der Waals surface area (Å²) in [5.74, 6) is 1.76. The minimum absolute atomic E-state index is 0.0824. The van der Waals surface area contributed by atoms with Crippen molar-refractivity contribution >= 4 is 11.6 Å². The molecule has 1 amide bonds. The molecule has 0 radical (unpaired) electrons. The predicted molar refractivity (Wildman–Crippen MR) is 156 cm³/mol. The summed E-state index contributed by atoms with van der Waals surface area (Å²) in [5, 5.41) is 4.59. The van der Waals surface area contributed by atoms with Crippen molar-refractivity contribution in [2.45, 2.75) is 31.2 Å². The van der Waals surface area contributed by atoms with Crippen LogP contribution in [-0.2, 0) is 16.8 Å². The summed E-state index contributed by atoms with van der Waals surface area (Å²) in [6.45, 7) is 0.393. The van der Waals surface area contributed by atoms with Gasteiger partial charge in [0.2, 0.25) is 5.91 Å². The third kappa shape index (κ3) is 4.19. The number of fused-ring (bicyclic) bond motifs is 2. The number of pyridine rings is 1. The number of carbonyl (C=O) groups is 1. The number of benzene rings is 3. The number of aromatic nitrogens is 3. The van der Waals surface area contributed by atoms with Gasteiger partial charge in [-0.15, -0.1) is 0 Å². The van der Waals surface area contributed by atoms with Gasteiger partial charge < -0.3 is 19.4 Å². The van der Waals surface area contributed by atoms with Crippen molar-refractivity contribution in [3.05, 3.63) is 119 Å². The number of H-pyrrole nitrogens is 1. The standard InChI is InChI=1S/C33H28N4O4/c1-40-25-10-8-22(9-11-25)21-36-31-27(33(32(36)39)14-5-15-33)18-23(19-29(31)41-26-12-16-34-30(38)20-26)28-13-17-35-37(28)24-6-3-2-4-7-24/h2-4,6-13,16-20H,5,14-15,21H2,1H3,(H,34,38). The van der Waals surface area contributed by atoms with Crippen LogP contribution in [0, 0.1) is 0 Å². The van der Waals surface area contributed by atoms with Crippen molar-refractivity contribution in [3.63, 3.8) is 0 Å². The van der Waals surface area contributed by atoms with Gasteiger partial charge in [0.15, 0.2) is 5.75 Å². The monoisotopic (exact) mass is 544 g/mol. The minimum atomic E-state index is -0.596. The van der Waals surface area contributed by atoms with Crippen molar-refractivity contribution < 1.29 is 14.3 Å². The SMILES string of the molecule is COc1ccc(CN2C(=O)C3(CCC3)c3cc(-c4ccnn4-c4ccccc4)cc(Oc4cc[nH]c(=O)c4)c32)cc1. The van der Waals surface area contributed by atoms with E-state index < -0.39 is 5.41 Å². The molecular formula is C33H28N4O4. The molecule has 8 nitrogen and oxygen atoms in total. The molecule has 41 heavy (non-hydrogen) atoms. The number of hydrogen-bond donors (Lipinski definition) is 1. The van der Waals surface area contributed by atoms with Gasteiger partial charge in [0.25, 0.3) is 5.56 Å². The van der Waals surface area contributed by atoms with Crippen molar-refractivity contribution in [2.75, 3.05) is 12.0 Å². The lowest BCUT2D eigenvalue weighted by Crippen LogP contribution is -2.44. The van der Waals surface area contributed by atoms with Gasteiger partial charge in [-0.3, -0.25) is 9.59 Å². The molecule has 7 rings (SSSR count). The average molecular weight is 545 g/mol. The first-order chi connectivity index (χ1) is 20.1. The molecule has 0 bridgehead atoms. The Balaban J connectivity index is 1.40. The molecule has 8 heteroatoms. The first-order valence-electron chi connectivity index (χ1n) is 13.7. The zero-order valence-electron chi connectivity index (χ0n) is 22.5. The van der Waals surface area contributed by atoms with Gasteiger partial charge in [0.1, 0.15) is 11.5 Å². The van der Waals surface area contributed by atoms with Crippen LogP contribution in [0.15, 0.2) is 102 Å². The summed E-state index contributed by atoms with van der Waals surface area (Å²) < 4.78 is 13.7. The van der Waals surface area contributed by atoms with Crippen LogP contribution in [-0.4, -0.2) is 27.8 Å². The van der Waals surface area contributed by atoms with Crippen molar-refractivity contribution in [1.82, 2.24) is 14.8 Å². The number of carbonyl (C=O) groups excluding carboxylic acids is 1. The number of nitrogens with one attached hydrogen (secondary N) is 1. The molecule has 0 atom stereocenters. The molecule has 1 N–H and O–H groups in total. The maximum absolute atomic E-state index is 14.2. The second-order valence-electron chi connectivity index (χ2n) is 10.5. The number of para-hydroxylation sites is 1. The van der Waals surface area contributed by atoms with Crippen LogP contribution < -0.4 is 19.9 Å². The van der Waals surface area contributed by atoms with E-state index in [4.69, 9.17) is 9.47 Å². The van der Waals surface area contributed by atoms with E-state index in [1.54, 1.807) is 25.6 Å². The highest BCUT2D eigenvalue weighted by Gasteiger charge is 2.55. The van der Waals surface area contributed by atoms with Crippen LogP contribution in [0.2, 0.25) is 0 Å². The number of ether oxygens (including phenoxy) is 2. The third-order valence-corrected chi connectivity index (χ3v) is 8.14. The summed E-state index contributed by atoms with van der Waals surface area (Å²) in [6.07, 6.45) is 5.87. The molecule has 0 saturated heterocycles. The highest BCUT2D eigenvalue weighted by molar-refractivity contribution is 6.10. The van der Waals surface area contributed by atoms with Gasteiger partial charge in [-0.25, -0.2) is 4.68 Å². The number of nitrogens with zero attached hydrogens (tertiary/aromatic N) is 3. The number of aromatic amines is 1. The van der Waals surface area contributed by atoms with E-state index in [1.807, 2.05) is 76.3 Å². The van der Waals surface area contributed by atoms with Crippen LogP contribution in [0.3, 0.4) is 0 Å². The molecule has 2 aliphatic rings. The molecule has 1 fully saturated rings. The highest BCUT2D eigenvalue weighted by atomic mass is 16.5. The fourth-order valence-corrected chi connectivity index (χ4v) is 5.94. The first-order valence-corrected chi connectivity index (χ1v) is 13.7. The lowest BCUT2D eigenvalue weighted by molar-refractivity contribution is -0.126. The smallest absolute Gasteiger partial charge is 0.251 e. The zero-order valence-corrected chi connectivity index (χ0v) is 22.5.